The molecule has 2 fully saturated rings. The number of fused-ring (bicyclic) bond motifs is 1. The molecule has 3 aromatic rings. The number of benzene rings is 1. The van der Waals surface area contributed by atoms with Gasteiger partial charge >= 0.3 is 0 Å². The molecule has 1 saturated carbocycles. The summed E-state index contributed by atoms with van der Waals surface area (Å²) in [5.74, 6) is 1.48. The quantitative estimate of drug-likeness (QED) is 0.686. The lowest BCUT2D eigenvalue weighted by molar-refractivity contribution is 0.454. The minimum Gasteiger partial charge on any atom is -0.346 e. The molecule has 1 aromatic carbocycles. The maximum atomic E-state index is 13.5. The Morgan fingerprint density at radius 3 is 2.62 bits per heavy atom. The monoisotopic (exact) mass is 391 g/mol. The Morgan fingerprint density at radius 2 is 1.83 bits per heavy atom. The fourth-order valence-corrected chi connectivity index (χ4v) is 4.83. The Balaban J connectivity index is 1.68. The number of hydrogen-bond donors (Lipinski definition) is 0. The van der Waals surface area contributed by atoms with Crippen molar-refractivity contribution in [1.82, 2.24) is 19.1 Å². The molecule has 1 aliphatic carbocycles. The van der Waals surface area contributed by atoms with E-state index in [-0.39, 0.29) is 23.2 Å². The smallest absolute Gasteiger partial charge is 0.261 e. The molecule has 7 nitrogen and oxygen atoms in total. The van der Waals surface area contributed by atoms with E-state index in [0.29, 0.717) is 11.2 Å². The second kappa shape index (κ2) is 7.13. The number of aryl methyl sites for hydroxylation is 1. The Labute approximate surface area is 168 Å². The van der Waals surface area contributed by atoms with Gasteiger partial charge < -0.3 is 9.47 Å². The first-order chi connectivity index (χ1) is 14.1. The van der Waals surface area contributed by atoms with E-state index in [1.807, 2.05) is 28.8 Å². The van der Waals surface area contributed by atoms with Crippen LogP contribution in [0.15, 0.2) is 46.2 Å². The van der Waals surface area contributed by atoms with Crippen molar-refractivity contribution >= 4 is 16.7 Å². The summed E-state index contributed by atoms with van der Waals surface area (Å²) in [6, 6.07) is 9.34. The van der Waals surface area contributed by atoms with Crippen LogP contribution in [0.1, 0.15) is 56.4 Å². The highest BCUT2D eigenvalue weighted by atomic mass is 16.1. The molecule has 2 aromatic heterocycles. The first-order valence-electron chi connectivity index (χ1n) is 10.4. The average Bonchev–Trinajstić information content (AvgIpc) is 3.42. The van der Waals surface area contributed by atoms with Gasteiger partial charge in [-0.1, -0.05) is 25.0 Å². The van der Waals surface area contributed by atoms with Crippen molar-refractivity contribution in [3.63, 3.8) is 0 Å². The Bertz CT molecular complexity index is 1180. The molecule has 150 valence electrons. The van der Waals surface area contributed by atoms with Crippen LogP contribution in [0.25, 0.3) is 10.9 Å². The Kier molecular flexibility index (Phi) is 4.45. The topological polar surface area (TPSA) is 73.0 Å². The van der Waals surface area contributed by atoms with Crippen LogP contribution in [0.4, 0.5) is 5.82 Å². The van der Waals surface area contributed by atoms with Gasteiger partial charge in [-0.25, -0.2) is 9.97 Å². The number of aromatic nitrogens is 4. The van der Waals surface area contributed by atoms with Crippen molar-refractivity contribution in [2.45, 2.75) is 50.6 Å². The summed E-state index contributed by atoms with van der Waals surface area (Å²) < 4.78 is 3.43. The van der Waals surface area contributed by atoms with Crippen LogP contribution < -0.4 is 16.0 Å². The van der Waals surface area contributed by atoms with E-state index >= 15 is 0 Å². The normalized spacial score (nSPS) is 20.0. The van der Waals surface area contributed by atoms with Crippen molar-refractivity contribution in [3.8, 4) is 0 Å². The number of para-hydroxylation sites is 1. The van der Waals surface area contributed by atoms with E-state index in [0.717, 1.165) is 56.4 Å². The summed E-state index contributed by atoms with van der Waals surface area (Å²) in [6.07, 6.45) is 7.77. The third-order valence-corrected chi connectivity index (χ3v) is 6.33. The summed E-state index contributed by atoms with van der Waals surface area (Å²) >= 11 is 0. The predicted octanol–water partition coefficient (Wildman–Crippen LogP) is 2.95. The Morgan fingerprint density at radius 1 is 1.03 bits per heavy atom. The molecule has 0 radical (unpaired) electrons. The highest BCUT2D eigenvalue weighted by molar-refractivity contribution is 5.77. The van der Waals surface area contributed by atoms with E-state index in [2.05, 4.69) is 9.88 Å². The molecule has 1 atom stereocenters. The minimum absolute atomic E-state index is 0.0486. The summed E-state index contributed by atoms with van der Waals surface area (Å²) in [7, 11) is 1.70. The van der Waals surface area contributed by atoms with Crippen LogP contribution in [0.3, 0.4) is 0 Å². The molecule has 5 rings (SSSR count). The number of hydrogen-bond acceptors (Lipinski definition) is 5. The van der Waals surface area contributed by atoms with Crippen molar-refractivity contribution in [2.24, 2.45) is 7.05 Å². The van der Waals surface area contributed by atoms with Crippen molar-refractivity contribution in [2.75, 3.05) is 11.4 Å². The van der Waals surface area contributed by atoms with Crippen molar-refractivity contribution in [3.05, 3.63) is 63.2 Å². The highest BCUT2D eigenvalue weighted by Crippen LogP contribution is 2.37. The van der Waals surface area contributed by atoms with Crippen LogP contribution in [0.2, 0.25) is 0 Å². The zero-order valence-corrected chi connectivity index (χ0v) is 16.6. The lowest BCUT2D eigenvalue weighted by Crippen LogP contribution is -2.34. The number of nitrogens with zero attached hydrogens (tertiary/aromatic N) is 5. The highest BCUT2D eigenvalue weighted by Gasteiger charge is 2.34. The van der Waals surface area contributed by atoms with Crippen molar-refractivity contribution < 1.29 is 0 Å². The molecule has 29 heavy (non-hydrogen) atoms. The van der Waals surface area contributed by atoms with Gasteiger partial charge in [0.25, 0.3) is 11.1 Å². The van der Waals surface area contributed by atoms with Gasteiger partial charge in [0.15, 0.2) is 0 Å². The second-order valence-corrected chi connectivity index (χ2v) is 8.15. The molecular formula is C22H25N5O2. The summed E-state index contributed by atoms with van der Waals surface area (Å²) in [5.41, 5.74) is 0.715. The fraction of sp³-hybridized carbons (Fsp3) is 0.455. The predicted molar refractivity (Wildman–Crippen MR) is 112 cm³/mol. The molecular weight excluding hydrogens is 366 g/mol. The molecule has 0 amide bonds. The fourth-order valence-electron chi connectivity index (χ4n) is 4.83. The lowest BCUT2D eigenvalue weighted by atomic mass is 10.1. The maximum absolute atomic E-state index is 13.5. The maximum Gasteiger partial charge on any atom is 0.261 e. The third kappa shape index (κ3) is 3.05. The van der Waals surface area contributed by atoms with Gasteiger partial charge in [0.2, 0.25) is 0 Å². The van der Waals surface area contributed by atoms with Gasteiger partial charge in [0.05, 0.1) is 23.3 Å². The van der Waals surface area contributed by atoms with Gasteiger partial charge in [-0.15, -0.1) is 0 Å². The van der Waals surface area contributed by atoms with Gasteiger partial charge in [-0.3, -0.25) is 14.2 Å². The first kappa shape index (κ1) is 18.1. The average molecular weight is 391 g/mol. The van der Waals surface area contributed by atoms with Crippen LogP contribution in [0, 0.1) is 0 Å². The summed E-state index contributed by atoms with van der Waals surface area (Å²) in [6.45, 7) is 0.804. The molecule has 0 spiro atoms. The van der Waals surface area contributed by atoms with Crippen LogP contribution in [-0.2, 0) is 7.05 Å². The molecule has 1 saturated heterocycles. The standard InChI is InChI=1S/C22H25N5O2/c1-25-14-23-19(13-20(25)28)26-12-6-11-18(26)21-24-17-10-5-4-9-16(17)22(29)27(21)15-7-2-3-8-15/h4-5,9-10,13-15,18H,2-3,6-8,11-12H2,1H3. The number of rotatable bonds is 3. The van der Waals surface area contributed by atoms with Crippen LogP contribution >= 0.6 is 0 Å². The zero-order valence-electron chi connectivity index (χ0n) is 16.6. The zero-order chi connectivity index (χ0) is 20.0. The second-order valence-electron chi connectivity index (χ2n) is 8.15. The van der Waals surface area contributed by atoms with Gasteiger partial charge in [0, 0.05) is 25.7 Å². The SMILES string of the molecule is Cn1cnc(N2CCCC2c2nc3ccccc3c(=O)n2C2CCCC2)cc1=O. The van der Waals surface area contributed by atoms with Crippen LogP contribution in [-0.4, -0.2) is 25.6 Å². The Hall–Kier alpha value is -2.96. The van der Waals surface area contributed by atoms with E-state index in [1.165, 1.54) is 4.57 Å². The molecule has 1 unspecified atom stereocenters. The van der Waals surface area contributed by atoms with Gasteiger partial charge in [-0.05, 0) is 37.8 Å². The van der Waals surface area contributed by atoms with E-state index < -0.39 is 0 Å². The first-order valence-corrected chi connectivity index (χ1v) is 10.4. The largest absolute Gasteiger partial charge is 0.346 e. The summed E-state index contributed by atoms with van der Waals surface area (Å²) in [4.78, 5) is 37.3. The van der Waals surface area contributed by atoms with E-state index in [9.17, 15) is 9.59 Å². The third-order valence-electron chi connectivity index (χ3n) is 6.33. The van der Waals surface area contributed by atoms with Gasteiger partial charge in [0.1, 0.15) is 11.6 Å². The minimum atomic E-state index is -0.0831. The van der Waals surface area contributed by atoms with Crippen LogP contribution in [0.5, 0.6) is 0 Å². The lowest BCUT2D eigenvalue weighted by Gasteiger charge is -2.29. The molecule has 7 heteroatoms. The van der Waals surface area contributed by atoms with Gasteiger partial charge in [-0.2, -0.15) is 0 Å². The molecule has 1 aliphatic heterocycles. The number of anilines is 1. The molecule has 2 aliphatic rings. The molecule has 0 bridgehead atoms. The van der Waals surface area contributed by atoms with E-state index in [4.69, 9.17) is 4.98 Å². The molecule has 3 heterocycles. The van der Waals surface area contributed by atoms with E-state index in [1.54, 1.807) is 19.4 Å². The van der Waals surface area contributed by atoms with Crippen molar-refractivity contribution in [1.29, 1.82) is 0 Å². The summed E-state index contributed by atoms with van der Waals surface area (Å²) in [5, 5.41) is 0.680. The molecule has 0 N–H and O–H groups in total.